The van der Waals surface area contributed by atoms with Crippen LogP contribution in [0.5, 0.6) is 0 Å². The molecule has 1 saturated heterocycles. The number of aromatic nitrogens is 2. The summed E-state index contributed by atoms with van der Waals surface area (Å²) in [6, 6.07) is 1.94. The summed E-state index contributed by atoms with van der Waals surface area (Å²) in [6.07, 6.45) is 4.86. The van der Waals surface area contributed by atoms with E-state index >= 15 is 0 Å². The van der Waals surface area contributed by atoms with Gasteiger partial charge in [-0.2, -0.15) is 5.10 Å². The van der Waals surface area contributed by atoms with Crippen LogP contribution in [0.1, 0.15) is 60.1 Å². The summed E-state index contributed by atoms with van der Waals surface area (Å²) in [5.41, 5.74) is 0.217. The van der Waals surface area contributed by atoms with Gasteiger partial charge in [0.15, 0.2) is 0 Å². The number of nitrogens with zero attached hydrogens (tertiary/aromatic N) is 2. The molecule has 0 aliphatic carbocycles. The van der Waals surface area contributed by atoms with Crippen LogP contribution in [0.2, 0.25) is 0 Å². The number of ether oxygens (including phenoxy) is 1. The summed E-state index contributed by atoms with van der Waals surface area (Å²) >= 11 is 0. The van der Waals surface area contributed by atoms with Crippen LogP contribution < -0.4 is 5.59 Å². The highest BCUT2D eigenvalue weighted by molar-refractivity contribution is 6.61. The predicted octanol–water partition coefficient (Wildman–Crippen LogP) is 2.52. The third-order valence-electron chi connectivity index (χ3n) is 4.55. The Balaban J connectivity index is 2.21. The molecule has 0 amide bonds. The van der Waals surface area contributed by atoms with Gasteiger partial charge in [0.2, 0.25) is 0 Å². The number of hydrogen-bond donors (Lipinski definition) is 0. The van der Waals surface area contributed by atoms with Crippen molar-refractivity contribution in [3.8, 4) is 0 Å². The largest absolute Gasteiger partial charge is 0.514 e. The number of unbranched alkanes of at least 4 members (excludes halogenated alkanes) is 1. The van der Waals surface area contributed by atoms with Gasteiger partial charge in [-0.05, 0) is 46.6 Å². The van der Waals surface area contributed by atoms with E-state index in [-0.39, 0.29) is 17.4 Å². The fraction of sp³-hybridized carbons (Fsp3) is 0.800. The van der Waals surface area contributed by atoms with E-state index in [1.807, 2.05) is 10.7 Å². The van der Waals surface area contributed by atoms with Gasteiger partial charge < -0.3 is 14.0 Å². The molecule has 0 saturated carbocycles. The first-order chi connectivity index (χ1) is 9.82. The highest BCUT2D eigenvalue weighted by atomic mass is 16.7. The highest BCUT2D eigenvalue weighted by Crippen LogP contribution is 2.36. The third-order valence-corrected chi connectivity index (χ3v) is 4.55. The van der Waals surface area contributed by atoms with E-state index in [9.17, 15) is 0 Å². The van der Waals surface area contributed by atoms with Gasteiger partial charge in [-0.3, -0.25) is 0 Å². The predicted molar refractivity (Wildman–Crippen MR) is 83.5 cm³/mol. The van der Waals surface area contributed by atoms with Crippen LogP contribution in [0.15, 0.2) is 12.3 Å². The summed E-state index contributed by atoms with van der Waals surface area (Å²) in [5.74, 6) is 0. The molecule has 5 nitrogen and oxygen atoms in total. The number of hydrogen-bond acceptors (Lipinski definition) is 4. The fourth-order valence-corrected chi connectivity index (χ4v) is 2.43. The van der Waals surface area contributed by atoms with E-state index in [4.69, 9.17) is 14.0 Å². The maximum absolute atomic E-state index is 6.11. The standard InChI is InChI=1S/C15H27BN2O3/c1-7-8-9-13(19-6)18-12(10-11-17-18)16-20-14(2,3)15(4,5)21-16/h10-11,13H,7-9H2,1-6H3. The average molecular weight is 294 g/mol. The monoisotopic (exact) mass is 294 g/mol. The van der Waals surface area contributed by atoms with Crippen molar-refractivity contribution >= 4 is 12.7 Å². The second kappa shape index (κ2) is 6.11. The minimum atomic E-state index is -0.406. The van der Waals surface area contributed by atoms with Gasteiger partial charge in [0.05, 0.1) is 16.8 Å². The summed E-state index contributed by atoms with van der Waals surface area (Å²) in [6.45, 7) is 10.4. The van der Waals surface area contributed by atoms with Crippen molar-refractivity contribution in [1.82, 2.24) is 9.78 Å². The van der Waals surface area contributed by atoms with Crippen LogP contribution >= 0.6 is 0 Å². The Morgan fingerprint density at radius 2 is 1.90 bits per heavy atom. The fourth-order valence-electron chi connectivity index (χ4n) is 2.43. The molecular weight excluding hydrogens is 267 g/mol. The maximum atomic E-state index is 6.11. The van der Waals surface area contributed by atoms with E-state index in [0.29, 0.717) is 0 Å². The van der Waals surface area contributed by atoms with Gasteiger partial charge in [-0.1, -0.05) is 13.3 Å². The maximum Gasteiger partial charge on any atom is 0.514 e. The Morgan fingerprint density at radius 1 is 1.29 bits per heavy atom. The molecule has 1 atom stereocenters. The molecule has 0 N–H and O–H groups in total. The minimum absolute atomic E-state index is 0.0750. The minimum Gasteiger partial charge on any atom is -0.398 e. The Morgan fingerprint density at radius 3 is 2.43 bits per heavy atom. The lowest BCUT2D eigenvalue weighted by molar-refractivity contribution is 0.00578. The zero-order valence-electron chi connectivity index (χ0n) is 14.0. The highest BCUT2D eigenvalue weighted by Gasteiger charge is 2.53. The lowest BCUT2D eigenvalue weighted by Crippen LogP contribution is -2.41. The number of rotatable bonds is 6. The van der Waals surface area contributed by atoms with Gasteiger partial charge in [-0.25, -0.2) is 4.68 Å². The molecule has 0 spiro atoms. The second-order valence-electron chi connectivity index (χ2n) is 6.62. The molecule has 0 bridgehead atoms. The quantitative estimate of drug-likeness (QED) is 0.756. The van der Waals surface area contributed by atoms with E-state index < -0.39 is 7.12 Å². The van der Waals surface area contributed by atoms with Crippen LogP contribution in [0.3, 0.4) is 0 Å². The van der Waals surface area contributed by atoms with Gasteiger partial charge in [0, 0.05) is 13.3 Å². The van der Waals surface area contributed by atoms with E-state index in [1.165, 1.54) is 0 Å². The van der Waals surface area contributed by atoms with E-state index in [1.54, 1.807) is 13.3 Å². The molecule has 1 unspecified atom stereocenters. The third kappa shape index (κ3) is 3.17. The molecule has 118 valence electrons. The van der Waals surface area contributed by atoms with Gasteiger partial charge in [-0.15, -0.1) is 0 Å². The van der Waals surface area contributed by atoms with Crippen LogP contribution in [0.4, 0.5) is 0 Å². The topological polar surface area (TPSA) is 45.5 Å². The Bertz CT molecular complexity index is 457. The first kappa shape index (κ1) is 16.5. The summed E-state index contributed by atoms with van der Waals surface area (Å²) in [5, 5.41) is 4.41. The molecule has 21 heavy (non-hydrogen) atoms. The molecule has 1 aromatic rings. The van der Waals surface area contributed by atoms with Crippen molar-refractivity contribution < 1.29 is 14.0 Å². The Hall–Kier alpha value is -0.845. The van der Waals surface area contributed by atoms with Gasteiger partial charge in [0.1, 0.15) is 6.23 Å². The zero-order chi connectivity index (χ0) is 15.7. The number of methoxy groups -OCH3 is 1. The van der Waals surface area contributed by atoms with Crippen molar-refractivity contribution in [3.63, 3.8) is 0 Å². The SMILES string of the molecule is CCCCC(OC)n1nccc1B1OC(C)(C)C(C)(C)O1. The van der Waals surface area contributed by atoms with Gasteiger partial charge in [0.25, 0.3) is 0 Å². The van der Waals surface area contributed by atoms with Crippen molar-refractivity contribution in [2.75, 3.05) is 7.11 Å². The molecule has 6 heteroatoms. The molecule has 0 radical (unpaired) electrons. The summed E-state index contributed by atoms with van der Waals surface area (Å²) in [4.78, 5) is 0. The molecule has 0 aromatic carbocycles. The van der Waals surface area contributed by atoms with E-state index in [2.05, 4.69) is 39.7 Å². The normalized spacial score (nSPS) is 21.7. The Kier molecular flexibility index (Phi) is 4.80. The molecule has 2 rings (SSSR count). The van der Waals surface area contributed by atoms with Crippen LogP contribution in [0, 0.1) is 0 Å². The Labute approximate surface area is 128 Å². The van der Waals surface area contributed by atoms with Crippen LogP contribution in [0.25, 0.3) is 0 Å². The summed E-state index contributed by atoms with van der Waals surface area (Å²) < 4.78 is 19.7. The first-order valence-electron chi connectivity index (χ1n) is 7.74. The van der Waals surface area contributed by atoms with E-state index in [0.717, 1.165) is 24.9 Å². The molecule has 1 fully saturated rings. The van der Waals surface area contributed by atoms with Crippen molar-refractivity contribution in [2.24, 2.45) is 0 Å². The lowest BCUT2D eigenvalue weighted by atomic mass is 9.84. The van der Waals surface area contributed by atoms with Crippen LogP contribution in [-0.2, 0) is 14.0 Å². The molecule has 1 aliphatic heterocycles. The second-order valence-corrected chi connectivity index (χ2v) is 6.62. The lowest BCUT2D eigenvalue weighted by Gasteiger charge is -2.32. The molecule has 1 aliphatic rings. The van der Waals surface area contributed by atoms with Crippen LogP contribution in [-0.4, -0.2) is 35.2 Å². The van der Waals surface area contributed by atoms with Gasteiger partial charge >= 0.3 is 7.12 Å². The molecule has 1 aromatic heterocycles. The molecular formula is C15H27BN2O3. The average Bonchev–Trinajstić information content (AvgIpc) is 2.94. The van der Waals surface area contributed by atoms with Crippen molar-refractivity contribution in [2.45, 2.75) is 71.3 Å². The van der Waals surface area contributed by atoms with Crippen molar-refractivity contribution in [3.05, 3.63) is 12.3 Å². The summed E-state index contributed by atoms with van der Waals surface area (Å²) in [7, 11) is 1.31. The smallest absolute Gasteiger partial charge is 0.398 e. The first-order valence-corrected chi connectivity index (χ1v) is 7.74. The zero-order valence-corrected chi connectivity index (χ0v) is 14.0. The van der Waals surface area contributed by atoms with Crippen molar-refractivity contribution in [1.29, 1.82) is 0 Å². The molecule has 2 heterocycles.